The van der Waals surface area contributed by atoms with Crippen molar-refractivity contribution in [3.63, 3.8) is 0 Å². The van der Waals surface area contributed by atoms with E-state index in [1.54, 1.807) is 30.4 Å². The zero-order valence-corrected chi connectivity index (χ0v) is 15.8. The molecule has 0 spiro atoms. The Morgan fingerprint density at radius 2 is 1.92 bits per heavy atom. The number of nitrogens with zero attached hydrogens (tertiary/aromatic N) is 1. The molecule has 0 heterocycles. The fraction of sp³-hybridized carbons (Fsp3) is 0.350. The average molecular weight is 346 g/mol. The molecule has 0 radical (unpaired) electrons. The Bertz CT molecular complexity index is 734. The minimum atomic E-state index is -3.56. The lowest BCUT2D eigenvalue weighted by Crippen LogP contribution is -2.32. The molecule has 0 aromatic heterocycles. The highest BCUT2D eigenvalue weighted by molar-refractivity contribution is 7.89. The molecule has 0 aliphatic rings. The van der Waals surface area contributed by atoms with Gasteiger partial charge in [-0.1, -0.05) is 56.4 Å². The SMILES string of the molecule is C=C/C=C/CN(CC(C)=C=CC(C)C)S(=O)(=O)c1ccc(C)cc1. The van der Waals surface area contributed by atoms with Crippen molar-refractivity contribution in [1.29, 1.82) is 0 Å². The second kappa shape index (κ2) is 9.43. The third-order valence-corrected chi connectivity index (χ3v) is 5.14. The van der Waals surface area contributed by atoms with Gasteiger partial charge < -0.3 is 0 Å². The lowest BCUT2D eigenvalue weighted by Gasteiger charge is -2.20. The molecule has 0 unspecified atom stereocenters. The first-order valence-electron chi connectivity index (χ1n) is 8.04. The van der Waals surface area contributed by atoms with E-state index in [0.717, 1.165) is 11.1 Å². The summed E-state index contributed by atoms with van der Waals surface area (Å²) in [6, 6.07) is 6.92. The highest BCUT2D eigenvalue weighted by Gasteiger charge is 2.23. The molecule has 24 heavy (non-hydrogen) atoms. The second-order valence-electron chi connectivity index (χ2n) is 6.11. The van der Waals surface area contributed by atoms with Gasteiger partial charge in [-0.2, -0.15) is 4.31 Å². The second-order valence-corrected chi connectivity index (χ2v) is 8.05. The number of benzene rings is 1. The number of hydrogen-bond acceptors (Lipinski definition) is 2. The van der Waals surface area contributed by atoms with Crippen LogP contribution in [0.15, 0.2) is 71.3 Å². The summed E-state index contributed by atoms with van der Waals surface area (Å²) in [5.74, 6) is 0.378. The zero-order chi connectivity index (χ0) is 18.2. The van der Waals surface area contributed by atoms with Crippen molar-refractivity contribution in [1.82, 2.24) is 4.31 Å². The van der Waals surface area contributed by atoms with Crippen LogP contribution < -0.4 is 0 Å². The van der Waals surface area contributed by atoms with Crippen molar-refractivity contribution in [2.24, 2.45) is 5.92 Å². The molecule has 1 aromatic carbocycles. The van der Waals surface area contributed by atoms with E-state index in [0.29, 0.717) is 23.9 Å². The summed E-state index contributed by atoms with van der Waals surface area (Å²) >= 11 is 0. The molecule has 0 amide bonds. The molecule has 0 fully saturated rings. The molecule has 0 saturated carbocycles. The Morgan fingerprint density at radius 1 is 1.29 bits per heavy atom. The summed E-state index contributed by atoms with van der Waals surface area (Å²) in [6.45, 7) is 12.2. The molecule has 4 heteroatoms. The van der Waals surface area contributed by atoms with Crippen LogP contribution in [-0.4, -0.2) is 25.8 Å². The van der Waals surface area contributed by atoms with Gasteiger partial charge >= 0.3 is 0 Å². The monoisotopic (exact) mass is 345 g/mol. The summed E-state index contributed by atoms with van der Waals surface area (Å²) in [5, 5.41) is 0. The molecule has 3 nitrogen and oxygen atoms in total. The van der Waals surface area contributed by atoms with Gasteiger partial charge in [-0.15, -0.1) is 5.73 Å². The van der Waals surface area contributed by atoms with Crippen LogP contribution in [0.5, 0.6) is 0 Å². The largest absolute Gasteiger partial charge is 0.243 e. The van der Waals surface area contributed by atoms with E-state index >= 15 is 0 Å². The van der Waals surface area contributed by atoms with Crippen LogP contribution in [0.2, 0.25) is 0 Å². The lowest BCUT2D eigenvalue weighted by molar-refractivity contribution is 0.467. The molecule has 0 saturated heterocycles. The summed E-state index contributed by atoms with van der Waals surface area (Å²) in [5.41, 5.74) is 5.09. The van der Waals surface area contributed by atoms with E-state index in [9.17, 15) is 8.42 Å². The van der Waals surface area contributed by atoms with Crippen LogP contribution in [0.3, 0.4) is 0 Å². The first-order valence-corrected chi connectivity index (χ1v) is 9.48. The van der Waals surface area contributed by atoms with Crippen LogP contribution in [0.4, 0.5) is 0 Å². The van der Waals surface area contributed by atoms with E-state index in [1.165, 1.54) is 4.31 Å². The van der Waals surface area contributed by atoms with Crippen molar-refractivity contribution < 1.29 is 8.42 Å². The Kier molecular flexibility index (Phi) is 7.93. The zero-order valence-electron chi connectivity index (χ0n) is 15.0. The van der Waals surface area contributed by atoms with Crippen molar-refractivity contribution in [2.75, 3.05) is 13.1 Å². The molecule has 0 aliphatic heterocycles. The maximum absolute atomic E-state index is 12.9. The van der Waals surface area contributed by atoms with E-state index in [2.05, 4.69) is 26.2 Å². The fourth-order valence-corrected chi connectivity index (χ4v) is 3.42. The number of sulfonamides is 1. The van der Waals surface area contributed by atoms with Crippen molar-refractivity contribution >= 4 is 10.0 Å². The molecule has 1 aromatic rings. The summed E-state index contributed by atoms with van der Waals surface area (Å²) < 4.78 is 27.3. The predicted molar refractivity (Wildman–Crippen MR) is 101 cm³/mol. The maximum atomic E-state index is 12.9. The minimum absolute atomic E-state index is 0.295. The third-order valence-electron chi connectivity index (χ3n) is 3.32. The molecular formula is C20H27NO2S. The highest BCUT2D eigenvalue weighted by atomic mass is 32.2. The van der Waals surface area contributed by atoms with E-state index < -0.39 is 10.0 Å². The molecule has 1 rings (SSSR count). The van der Waals surface area contributed by atoms with Crippen LogP contribution in [-0.2, 0) is 10.0 Å². The third kappa shape index (κ3) is 6.32. The summed E-state index contributed by atoms with van der Waals surface area (Å²) in [7, 11) is -3.56. The smallest absolute Gasteiger partial charge is 0.207 e. The summed E-state index contributed by atoms with van der Waals surface area (Å²) in [6.07, 6.45) is 7.13. The van der Waals surface area contributed by atoms with E-state index in [-0.39, 0.29) is 0 Å². The van der Waals surface area contributed by atoms with Gasteiger partial charge in [-0.25, -0.2) is 8.42 Å². The molecule has 0 atom stereocenters. The van der Waals surface area contributed by atoms with E-state index in [1.807, 2.05) is 32.1 Å². The topological polar surface area (TPSA) is 37.4 Å². The first kappa shape index (κ1) is 20.2. The Morgan fingerprint density at radius 3 is 2.46 bits per heavy atom. The van der Waals surface area contributed by atoms with Gasteiger partial charge in [-0.05, 0) is 43.5 Å². The van der Waals surface area contributed by atoms with E-state index in [4.69, 9.17) is 0 Å². The molecule has 0 N–H and O–H groups in total. The molecule has 0 bridgehead atoms. The molecule has 0 aliphatic carbocycles. The van der Waals surface area contributed by atoms with Crippen LogP contribution >= 0.6 is 0 Å². The Labute approximate surface area is 146 Å². The maximum Gasteiger partial charge on any atom is 0.243 e. The number of aryl methyl sites for hydroxylation is 1. The van der Waals surface area contributed by atoms with Gasteiger partial charge in [0, 0.05) is 13.1 Å². The molecular weight excluding hydrogens is 318 g/mol. The normalized spacial score (nSPS) is 11.8. The van der Waals surface area contributed by atoms with Crippen LogP contribution in [0.25, 0.3) is 0 Å². The van der Waals surface area contributed by atoms with Gasteiger partial charge in [-0.3, -0.25) is 0 Å². The predicted octanol–water partition coefficient (Wildman–Crippen LogP) is 4.49. The first-order chi connectivity index (χ1) is 11.3. The van der Waals surface area contributed by atoms with Crippen molar-refractivity contribution in [3.05, 3.63) is 72.0 Å². The van der Waals surface area contributed by atoms with Crippen molar-refractivity contribution in [3.8, 4) is 0 Å². The van der Waals surface area contributed by atoms with Gasteiger partial charge in [0.25, 0.3) is 0 Å². The van der Waals surface area contributed by atoms with Gasteiger partial charge in [0.1, 0.15) is 0 Å². The van der Waals surface area contributed by atoms with Crippen molar-refractivity contribution in [2.45, 2.75) is 32.6 Å². The van der Waals surface area contributed by atoms with Crippen LogP contribution in [0, 0.1) is 12.8 Å². The van der Waals surface area contributed by atoms with Gasteiger partial charge in [0.15, 0.2) is 0 Å². The standard InChI is InChI=1S/C20H27NO2S/c1-6-7-8-15-21(16-19(5)10-9-17(2)3)24(22,23)20-13-11-18(4)12-14-20/h6-9,11-14,17H,1,15-16H2,2-5H3/b8-7+. The quantitative estimate of drug-likeness (QED) is 0.514. The van der Waals surface area contributed by atoms with Gasteiger partial charge in [0.2, 0.25) is 10.0 Å². The number of hydrogen-bond donors (Lipinski definition) is 0. The average Bonchev–Trinajstić information content (AvgIpc) is 2.52. The highest BCUT2D eigenvalue weighted by Crippen LogP contribution is 2.17. The Balaban J connectivity index is 3.16. The van der Waals surface area contributed by atoms with Gasteiger partial charge in [0.05, 0.1) is 4.90 Å². The number of rotatable bonds is 8. The molecule has 130 valence electrons. The Hall–Kier alpha value is -1.87. The number of allylic oxidation sites excluding steroid dienone is 2. The fourth-order valence-electron chi connectivity index (χ4n) is 2.00. The minimum Gasteiger partial charge on any atom is -0.207 e. The summed E-state index contributed by atoms with van der Waals surface area (Å²) in [4.78, 5) is 0.306. The van der Waals surface area contributed by atoms with Crippen LogP contribution in [0.1, 0.15) is 26.3 Å². The lowest BCUT2D eigenvalue weighted by atomic mass is 10.2.